The molecular formula is C13H12N2OS2. The van der Waals surface area contributed by atoms with E-state index in [-0.39, 0.29) is 0 Å². The molecule has 5 heteroatoms. The molecule has 0 unspecified atom stereocenters. The molecule has 0 aliphatic carbocycles. The molecule has 1 aliphatic rings. The number of aliphatic imine (C=N–C) groups is 1. The Labute approximate surface area is 114 Å². The Morgan fingerprint density at radius 1 is 1.28 bits per heavy atom. The van der Waals surface area contributed by atoms with Crippen LogP contribution in [-0.4, -0.2) is 21.7 Å². The lowest BCUT2D eigenvalue weighted by atomic mass is 10.2. The van der Waals surface area contributed by atoms with Crippen LogP contribution in [0.1, 0.15) is 5.89 Å². The van der Waals surface area contributed by atoms with Crippen molar-refractivity contribution >= 4 is 27.9 Å². The van der Waals surface area contributed by atoms with Gasteiger partial charge in [-0.3, -0.25) is 4.99 Å². The minimum atomic E-state index is 0.749. The Bertz CT molecular complexity index is 551. The van der Waals surface area contributed by atoms with E-state index in [2.05, 4.69) is 9.98 Å². The van der Waals surface area contributed by atoms with Crippen molar-refractivity contribution in [2.24, 2.45) is 4.99 Å². The lowest BCUT2D eigenvalue weighted by Gasteiger charge is -1.96. The molecule has 0 saturated heterocycles. The molecule has 1 aliphatic heterocycles. The van der Waals surface area contributed by atoms with Crippen LogP contribution in [0, 0.1) is 0 Å². The van der Waals surface area contributed by atoms with Crippen LogP contribution in [0.15, 0.2) is 45.9 Å². The van der Waals surface area contributed by atoms with E-state index in [1.54, 1.807) is 18.0 Å². The van der Waals surface area contributed by atoms with Crippen molar-refractivity contribution in [3.8, 4) is 11.3 Å². The summed E-state index contributed by atoms with van der Waals surface area (Å²) in [6.07, 6.45) is 1.79. The summed E-state index contributed by atoms with van der Waals surface area (Å²) in [5.41, 5.74) is 1.06. The minimum Gasteiger partial charge on any atom is -0.440 e. The first-order chi connectivity index (χ1) is 8.92. The highest BCUT2D eigenvalue weighted by molar-refractivity contribution is 8.38. The van der Waals surface area contributed by atoms with Crippen molar-refractivity contribution in [1.29, 1.82) is 0 Å². The third kappa shape index (κ3) is 2.79. The van der Waals surface area contributed by atoms with Gasteiger partial charge in [-0.2, -0.15) is 0 Å². The molecule has 0 N–H and O–H groups in total. The molecule has 0 atom stereocenters. The zero-order valence-corrected chi connectivity index (χ0v) is 11.3. The van der Waals surface area contributed by atoms with Gasteiger partial charge in [0.05, 0.1) is 18.5 Å². The summed E-state index contributed by atoms with van der Waals surface area (Å²) in [5, 5.41) is 0. The fraction of sp³-hybridized carbons (Fsp3) is 0.231. The molecule has 0 radical (unpaired) electrons. The monoisotopic (exact) mass is 276 g/mol. The van der Waals surface area contributed by atoms with Crippen molar-refractivity contribution < 1.29 is 4.42 Å². The number of oxazole rings is 1. The Morgan fingerprint density at radius 2 is 2.17 bits per heavy atom. The first-order valence-corrected chi connectivity index (χ1v) is 7.69. The van der Waals surface area contributed by atoms with Crippen molar-refractivity contribution in [3.05, 3.63) is 42.4 Å². The van der Waals surface area contributed by atoms with E-state index in [4.69, 9.17) is 4.42 Å². The van der Waals surface area contributed by atoms with Gasteiger partial charge >= 0.3 is 0 Å². The molecule has 3 nitrogen and oxygen atoms in total. The van der Waals surface area contributed by atoms with E-state index in [9.17, 15) is 0 Å². The average molecular weight is 276 g/mol. The summed E-state index contributed by atoms with van der Waals surface area (Å²) in [6, 6.07) is 10.0. The van der Waals surface area contributed by atoms with Crippen LogP contribution in [0.3, 0.4) is 0 Å². The minimum absolute atomic E-state index is 0.749. The van der Waals surface area contributed by atoms with E-state index in [1.807, 2.05) is 42.1 Å². The van der Waals surface area contributed by atoms with Crippen molar-refractivity contribution in [2.75, 3.05) is 12.3 Å². The molecule has 0 saturated carbocycles. The Kier molecular flexibility index (Phi) is 3.71. The largest absolute Gasteiger partial charge is 0.440 e. The Balaban J connectivity index is 1.66. The molecule has 18 heavy (non-hydrogen) atoms. The number of thioether (sulfide) groups is 2. The first-order valence-electron chi connectivity index (χ1n) is 5.72. The predicted molar refractivity (Wildman–Crippen MR) is 78.0 cm³/mol. The fourth-order valence-corrected chi connectivity index (χ4v) is 3.50. The van der Waals surface area contributed by atoms with Crippen LogP contribution >= 0.6 is 23.5 Å². The van der Waals surface area contributed by atoms with Crippen molar-refractivity contribution in [3.63, 3.8) is 0 Å². The second kappa shape index (κ2) is 5.63. The second-order valence-corrected chi connectivity index (χ2v) is 6.08. The fourth-order valence-electron chi connectivity index (χ4n) is 1.64. The predicted octanol–water partition coefficient (Wildman–Crippen LogP) is 3.68. The zero-order valence-electron chi connectivity index (χ0n) is 9.70. The van der Waals surface area contributed by atoms with Gasteiger partial charge in [0.25, 0.3) is 0 Å². The first kappa shape index (κ1) is 11.9. The van der Waals surface area contributed by atoms with Gasteiger partial charge in [-0.15, -0.1) is 0 Å². The number of hydrogen-bond donors (Lipinski definition) is 0. The molecule has 1 aromatic heterocycles. The molecule has 1 aromatic carbocycles. The van der Waals surface area contributed by atoms with Gasteiger partial charge < -0.3 is 4.42 Å². The van der Waals surface area contributed by atoms with Gasteiger partial charge in [-0.25, -0.2) is 4.98 Å². The van der Waals surface area contributed by atoms with Gasteiger partial charge in [0, 0.05) is 11.3 Å². The molecular weight excluding hydrogens is 264 g/mol. The Morgan fingerprint density at radius 3 is 2.94 bits per heavy atom. The quantitative estimate of drug-likeness (QED) is 0.857. The highest BCUT2D eigenvalue weighted by Gasteiger charge is 2.11. The van der Waals surface area contributed by atoms with Gasteiger partial charge in [0.2, 0.25) is 5.89 Å². The lowest BCUT2D eigenvalue weighted by molar-refractivity contribution is 0.530. The summed E-state index contributed by atoms with van der Waals surface area (Å²) < 4.78 is 6.88. The SMILES string of the molecule is c1ccc(-c2cnc(CSC3=NCCS3)o2)cc1. The van der Waals surface area contributed by atoms with Crippen LogP contribution in [0.4, 0.5) is 0 Å². The van der Waals surface area contributed by atoms with E-state index in [0.717, 1.165) is 39.6 Å². The van der Waals surface area contributed by atoms with Crippen LogP contribution in [0.25, 0.3) is 11.3 Å². The number of hydrogen-bond acceptors (Lipinski definition) is 5. The molecule has 0 fully saturated rings. The summed E-state index contributed by atoms with van der Waals surface area (Å²) in [4.78, 5) is 8.69. The summed E-state index contributed by atoms with van der Waals surface area (Å²) >= 11 is 3.51. The summed E-state index contributed by atoms with van der Waals surface area (Å²) in [5.74, 6) is 3.43. The molecule has 3 rings (SSSR count). The van der Waals surface area contributed by atoms with Crippen LogP contribution < -0.4 is 0 Å². The maximum atomic E-state index is 5.73. The van der Waals surface area contributed by atoms with Gasteiger partial charge in [0.1, 0.15) is 4.38 Å². The van der Waals surface area contributed by atoms with Gasteiger partial charge in [0.15, 0.2) is 5.76 Å². The molecule has 2 heterocycles. The third-order valence-corrected chi connectivity index (χ3v) is 4.73. The number of rotatable bonds is 3. The van der Waals surface area contributed by atoms with E-state index in [1.165, 1.54) is 0 Å². The maximum Gasteiger partial charge on any atom is 0.205 e. The lowest BCUT2D eigenvalue weighted by Crippen LogP contribution is -1.84. The smallest absolute Gasteiger partial charge is 0.205 e. The second-order valence-electron chi connectivity index (χ2n) is 3.77. The third-order valence-electron chi connectivity index (χ3n) is 2.49. The van der Waals surface area contributed by atoms with Crippen LogP contribution in [-0.2, 0) is 5.75 Å². The molecule has 0 spiro atoms. The average Bonchev–Trinajstić information content (AvgIpc) is 3.09. The van der Waals surface area contributed by atoms with Crippen LogP contribution in [0.2, 0.25) is 0 Å². The molecule has 92 valence electrons. The summed E-state index contributed by atoms with van der Waals surface area (Å²) in [6.45, 7) is 0.938. The highest BCUT2D eigenvalue weighted by Crippen LogP contribution is 2.27. The zero-order chi connectivity index (χ0) is 12.2. The van der Waals surface area contributed by atoms with Gasteiger partial charge in [-0.1, -0.05) is 53.9 Å². The molecule has 0 bridgehead atoms. The molecule has 0 amide bonds. The Hall–Kier alpha value is -1.20. The topological polar surface area (TPSA) is 38.4 Å². The number of aromatic nitrogens is 1. The normalized spacial score (nSPS) is 14.8. The maximum absolute atomic E-state index is 5.73. The number of benzene rings is 1. The van der Waals surface area contributed by atoms with Crippen molar-refractivity contribution in [2.45, 2.75) is 5.75 Å². The van der Waals surface area contributed by atoms with E-state index < -0.39 is 0 Å². The standard InChI is InChI=1S/C13H12N2OS2/c1-2-4-10(5-3-1)11-8-15-12(16-11)9-18-13-14-6-7-17-13/h1-5,8H,6-7,9H2. The van der Waals surface area contributed by atoms with Crippen LogP contribution in [0.5, 0.6) is 0 Å². The van der Waals surface area contributed by atoms with Gasteiger partial charge in [-0.05, 0) is 0 Å². The number of nitrogens with zero attached hydrogens (tertiary/aromatic N) is 2. The summed E-state index contributed by atoms with van der Waals surface area (Å²) in [7, 11) is 0. The highest BCUT2D eigenvalue weighted by atomic mass is 32.2. The van der Waals surface area contributed by atoms with E-state index in [0.29, 0.717) is 0 Å². The molecule has 2 aromatic rings. The van der Waals surface area contributed by atoms with Crippen molar-refractivity contribution in [1.82, 2.24) is 4.98 Å². The van der Waals surface area contributed by atoms with E-state index >= 15 is 0 Å².